The minimum Gasteiger partial charge on any atom is -0.481 e. The lowest BCUT2D eigenvalue weighted by atomic mass is 9.83. The summed E-state index contributed by atoms with van der Waals surface area (Å²) in [6, 6.07) is 21.0. The van der Waals surface area contributed by atoms with E-state index in [4.69, 9.17) is 4.74 Å². The van der Waals surface area contributed by atoms with E-state index in [1.807, 2.05) is 126 Å². The number of ketones is 2. The Labute approximate surface area is 522 Å². The highest BCUT2D eigenvalue weighted by Gasteiger charge is 2.33. The molecule has 88 heavy (non-hydrogen) atoms. The van der Waals surface area contributed by atoms with E-state index < -0.39 is 53.9 Å². The van der Waals surface area contributed by atoms with E-state index in [1.165, 1.54) is 4.57 Å². The molecule has 0 bridgehead atoms. The number of halogens is 2. The van der Waals surface area contributed by atoms with Gasteiger partial charge in [0, 0.05) is 62.3 Å². The average molecular weight is 1210 g/mol. The third-order valence-corrected chi connectivity index (χ3v) is 16.8. The number of carboxylic acid groups (broad SMARTS) is 1. The molecule has 0 fully saturated rings. The van der Waals surface area contributed by atoms with Gasteiger partial charge in [-0.15, -0.1) is 0 Å². The molecule has 2 aromatic heterocycles. The number of hydrogen-bond donors (Lipinski definition) is 1. The van der Waals surface area contributed by atoms with Gasteiger partial charge in [-0.1, -0.05) is 77.9 Å². The molecule has 14 heteroatoms. The van der Waals surface area contributed by atoms with Gasteiger partial charge in [-0.3, -0.25) is 28.8 Å². The second-order valence-corrected chi connectivity index (χ2v) is 25.5. The van der Waals surface area contributed by atoms with Crippen molar-refractivity contribution in [3.63, 3.8) is 0 Å². The van der Waals surface area contributed by atoms with Crippen LogP contribution in [0.1, 0.15) is 178 Å². The minimum absolute atomic E-state index is 0.0983. The number of carboxylic acids is 1. The highest BCUT2D eigenvalue weighted by molar-refractivity contribution is 5.86. The first kappa shape index (κ1) is 71.6. The van der Waals surface area contributed by atoms with Crippen LogP contribution in [0.5, 0.6) is 0 Å². The molecule has 12 nitrogen and oxygen atoms in total. The van der Waals surface area contributed by atoms with E-state index in [9.17, 15) is 33.9 Å². The molecular weight excluding hydrogens is 1110 g/mol. The molecule has 1 N–H and O–H groups in total. The maximum atomic E-state index is 16.0. The molecule has 4 atom stereocenters. The number of ether oxygens (including phenoxy) is 1. The van der Waals surface area contributed by atoms with Gasteiger partial charge in [0.2, 0.25) is 0 Å². The maximum absolute atomic E-state index is 16.0. The topological polar surface area (TPSA) is 148 Å². The molecule has 0 saturated heterocycles. The van der Waals surface area contributed by atoms with Gasteiger partial charge in [-0.25, -0.2) is 8.78 Å². The van der Waals surface area contributed by atoms with E-state index in [-0.39, 0.29) is 66.0 Å². The van der Waals surface area contributed by atoms with Crippen LogP contribution in [0.25, 0.3) is 22.3 Å². The molecule has 6 rings (SSSR count). The summed E-state index contributed by atoms with van der Waals surface area (Å²) in [5, 5.41) is 9.85. The van der Waals surface area contributed by atoms with Crippen LogP contribution in [0.3, 0.4) is 0 Å². The van der Waals surface area contributed by atoms with Crippen LogP contribution in [0.2, 0.25) is 0 Å². The van der Waals surface area contributed by atoms with Gasteiger partial charge in [0.15, 0.2) is 11.6 Å². The van der Waals surface area contributed by atoms with Crippen LogP contribution in [0.4, 0.5) is 8.78 Å². The van der Waals surface area contributed by atoms with Crippen LogP contribution in [0.15, 0.2) is 94.8 Å². The zero-order chi connectivity index (χ0) is 65.4. The van der Waals surface area contributed by atoms with E-state index in [2.05, 4.69) is 29.7 Å². The van der Waals surface area contributed by atoms with Crippen molar-refractivity contribution in [1.82, 2.24) is 18.9 Å². The second kappa shape index (κ2) is 32.9. The Hall–Kier alpha value is -7.16. The van der Waals surface area contributed by atoms with Crippen LogP contribution in [0, 0.1) is 65.0 Å². The molecule has 0 aliphatic carbocycles. The summed E-state index contributed by atoms with van der Waals surface area (Å²) in [4.78, 5) is 84.0. The number of aryl methyl sites for hydroxylation is 8. The highest BCUT2D eigenvalue weighted by atomic mass is 19.1. The van der Waals surface area contributed by atoms with E-state index in [1.54, 1.807) is 61.9 Å². The van der Waals surface area contributed by atoms with Crippen molar-refractivity contribution in [2.45, 2.75) is 178 Å². The lowest BCUT2D eigenvalue weighted by Gasteiger charge is -2.25. The quantitative estimate of drug-likeness (QED) is 0.0450. The monoisotopic (exact) mass is 1210 g/mol. The van der Waals surface area contributed by atoms with E-state index >= 15 is 8.78 Å². The molecule has 0 saturated carbocycles. The Kier molecular flexibility index (Phi) is 26.8. The molecule has 0 aliphatic heterocycles. The largest absolute Gasteiger partial charge is 0.481 e. The van der Waals surface area contributed by atoms with E-state index in [0.29, 0.717) is 29.5 Å². The summed E-state index contributed by atoms with van der Waals surface area (Å²) < 4.78 is 40.2. The lowest BCUT2D eigenvalue weighted by molar-refractivity contribution is -0.144. The van der Waals surface area contributed by atoms with Crippen molar-refractivity contribution in [2.24, 2.45) is 11.8 Å². The van der Waals surface area contributed by atoms with Crippen molar-refractivity contribution in [1.29, 1.82) is 0 Å². The molecule has 0 aliphatic rings. The van der Waals surface area contributed by atoms with Gasteiger partial charge >= 0.3 is 11.9 Å². The second-order valence-electron chi connectivity index (χ2n) is 25.5. The van der Waals surface area contributed by atoms with Gasteiger partial charge in [-0.05, 0) is 240 Å². The zero-order valence-corrected chi connectivity index (χ0v) is 55.6. The van der Waals surface area contributed by atoms with Gasteiger partial charge in [0.25, 0.3) is 11.1 Å². The van der Waals surface area contributed by atoms with Crippen molar-refractivity contribution in [2.75, 3.05) is 47.9 Å². The van der Waals surface area contributed by atoms with Crippen molar-refractivity contribution < 1.29 is 37.8 Å². The smallest absolute Gasteiger partial charge is 0.306 e. The number of carbonyl (C=O) groups is 4. The SMILES string of the molecule is CCOC(=O)C[C@H](CC(=O)C(CC(C)C)n1cc(CCN(C)C)c(C)cc1=O)c1cc(-c2c(C)cccc2CC)cc(C)c1F.CCc1cccc(C)c1-c1cc(C)c(F)c([C@H](CC(=O)O)CC(=O)C(CC(C)C)n2cc(CCN(C)C)c(C)cc2=O)c1. The number of likely N-dealkylation sites (N-methyl/N-ethyl adjacent to an activating group) is 2. The number of pyridine rings is 2. The summed E-state index contributed by atoms with van der Waals surface area (Å²) in [6.07, 6.45) is 6.71. The third-order valence-electron chi connectivity index (χ3n) is 16.8. The van der Waals surface area contributed by atoms with Crippen LogP contribution in [-0.4, -0.2) is 95.4 Å². The van der Waals surface area contributed by atoms with Crippen molar-refractivity contribution in [3.05, 3.63) is 184 Å². The number of benzene rings is 4. The summed E-state index contributed by atoms with van der Waals surface area (Å²) in [5.41, 5.74) is 12.7. The number of nitrogens with zero attached hydrogens (tertiary/aromatic N) is 4. The summed E-state index contributed by atoms with van der Waals surface area (Å²) in [6.45, 7) is 26.9. The molecule has 0 amide bonds. The standard InChI is InChI=1S/C38H51FN2O4.C36H47FN2O4/c1-10-28-14-12-13-25(5)37(28)31-18-27(7)38(39)32(20-31)30(22-36(44)45-11-2)21-34(42)33(17-24(3)4)41-23-29(15-16-40(8)9)26(6)19-35(41)43;1-9-26-12-10-11-23(4)35(26)29-16-25(6)36(37)30(18-29)28(20-34(42)43)19-32(40)31(15-22(2)3)39-21-27(13-14-38(7)8)24(5)17-33(39)41/h12-14,18-20,23-24,30,33H,10-11,15-17,21-22H2,1-9H3;10-12,16-18,21-22,28,31H,9,13-15,19-20H2,1-8H3,(H,42,43)/t30-,33?;28-,31?/m00/s1. The Morgan fingerprint density at radius 3 is 1.25 bits per heavy atom. The number of aromatic nitrogens is 2. The highest BCUT2D eigenvalue weighted by Crippen LogP contribution is 2.39. The number of esters is 1. The van der Waals surface area contributed by atoms with E-state index in [0.717, 1.165) is 106 Å². The zero-order valence-electron chi connectivity index (χ0n) is 55.6. The van der Waals surface area contributed by atoms with Crippen LogP contribution in [-0.2, 0) is 49.6 Å². The van der Waals surface area contributed by atoms with Gasteiger partial charge < -0.3 is 28.8 Å². The van der Waals surface area contributed by atoms with Crippen molar-refractivity contribution in [3.8, 4) is 22.3 Å². The molecule has 2 heterocycles. The first-order valence-electron chi connectivity index (χ1n) is 31.4. The number of hydrogen-bond acceptors (Lipinski definition) is 9. The fourth-order valence-corrected chi connectivity index (χ4v) is 12.1. The molecule has 0 spiro atoms. The molecule has 2 unspecified atom stereocenters. The number of carbonyl (C=O) groups excluding carboxylic acids is 3. The lowest BCUT2D eigenvalue weighted by Crippen LogP contribution is -2.32. The molecule has 476 valence electrons. The molecule has 0 radical (unpaired) electrons. The van der Waals surface area contributed by atoms with Gasteiger partial charge in [0.1, 0.15) is 11.6 Å². The first-order chi connectivity index (χ1) is 41.5. The number of aliphatic carboxylic acids is 1. The number of Topliss-reactive ketones (excluding diaryl/α,β-unsaturated/α-hetero) is 2. The summed E-state index contributed by atoms with van der Waals surface area (Å²) >= 11 is 0. The third kappa shape index (κ3) is 19.2. The Morgan fingerprint density at radius 1 is 0.523 bits per heavy atom. The minimum atomic E-state index is -1.11. The fourth-order valence-electron chi connectivity index (χ4n) is 12.1. The van der Waals surface area contributed by atoms with Crippen LogP contribution >= 0.6 is 0 Å². The predicted octanol–water partition coefficient (Wildman–Crippen LogP) is 14.6. The molecule has 6 aromatic rings. The fraction of sp³-hybridized carbons (Fsp3) is 0.486. The maximum Gasteiger partial charge on any atom is 0.306 e. The molecule has 4 aromatic carbocycles. The predicted molar refractivity (Wildman–Crippen MR) is 352 cm³/mol. The van der Waals surface area contributed by atoms with Gasteiger partial charge in [0.05, 0.1) is 31.5 Å². The molecular formula is C74H98F2N4O8. The first-order valence-corrected chi connectivity index (χ1v) is 31.4. The van der Waals surface area contributed by atoms with Crippen molar-refractivity contribution >= 4 is 23.5 Å². The van der Waals surface area contributed by atoms with Gasteiger partial charge in [-0.2, -0.15) is 0 Å². The number of rotatable bonds is 29. The normalized spacial score (nSPS) is 12.9. The Balaban J connectivity index is 0.000000321. The Bertz CT molecular complexity index is 3540. The Morgan fingerprint density at radius 2 is 0.909 bits per heavy atom. The summed E-state index contributed by atoms with van der Waals surface area (Å²) in [5.74, 6) is -4.40. The summed E-state index contributed by atoms with van der Waals surface area (Å²) in [7, 11) is 7.96. The van der Waals surface area contributed by atoms with Crippen LogP contribution < -0.4 is 11.1 Å². The average Bonchev–Trinajstić information content (AvgIpc) is 2.72.